The lowest BCUT2D eigenvalue weighted by Crippen LogP contribution is -2.45. The molecular formula is C13H19N3O2. The van der Waals surface area contributed by atoms with Gasteiger partial charge in [-0.3, -0.25) is 4.79 Å². The van der Waals surface area contributed by atoms with Crippen LogP contribution < -0.4 is 16.0 Å². The minimum atomic E-state index is -0.685. The van der Waals surface area contributed by atoms with Crippen LogP contribution in [0.2, 0.25) is 0 Å². The standard InChI is InChI=1S/C13H19N3O2/c1-9(2)15-13(18)16-11(12(17)14-3)10-7-5-4-6-8-10/h4-9,11H,1-3H3,(H,14,17)(H2,15,16,18). The molecule has 0 saturated carbocycles. The van der Waals surface area contributed by atoms with Gasteiger partial charge in [-0.1, -0.05) is 30.3 Å². The van der Waals surface area contributed by atoms with E-state index in [9.17, 15) is 9.59 Å². The van der Waals surface area contributed by atoms with E-state index in [1.165, 1.54) is 0 Å². The Balaban J connectivity index is 2.80. The molecule has 0 fully saturated rings. The van der Waals surface area contributed by atoms with E-state index in [0.717, 1.165) is 5.56 Å². The molecule has 0 aliphatic carbocycles. The number of nitrogens with one attached hydrogen (secondary N) is 3. The van der Waals surface area contributed by atoms with Gasteiger partial charge in [-0.2, -0.15) is 0 Å². The zero-order valence-electron chi connectivity index (χ0n) is 10.9. The van der Waals surface area contributed by atoms with E-state index in [2.05, 4.69) is 16.0 Å². The first-order chi connectivity index (χ1) is 8.54. The number of carbonyl (C=O) groups excluding carboxylic acids is 2. The summed E-state index contributed by atoms with van der Waals surface area (Å²) in [6, 6.07) is 8.09. The summed E-state index contributed by atoms with van der Waals surface area (Å²) in [4.78, 5) is 23.4. The first kappa shape index (κ1) is 14.0. The Morgan fingerprint density at radius 2 is 1.67 bits per heavy atom. The lowest BCUT2D eigenvalue weighted by atomic mass is 10.1. The van der Waals surface area contributed by atoms with Gasteiger partial charge in [0.05, 0.1) is 0 Å². The molecule has 0 aliphatic rings. The van der Waals surface area contributed by atoms with Crippen molar-refractivity contribution in [2.45, 2.75) is 25.9 Å². The predicted molar refractivity (Wildman–Crippen MR) is 70.1 cm³/mol. The minimum absolute atomic E-state index is 0.0195. The van der Waals surface area contributed by atoms with Gasteiger partial charge in [-0.15, -0.1) is 0 Å². The largest absolute Gasteiger partial charge is 0.357 e. The van der Waals surface area contributed by atoms with E-state index in [1.54, 1.807) is 19.2 Å². The van der Waals surface area contributed by atoms with Gasteiger partial charge in [0.15, 0.2) is 0 Å². The number of benzene rings is 1. The van der Waals surface area contributed by atoms with Gasteiger partial charge in [0.2, 0.25) is 5.91 Å². The third kappa shape index (κ3) is 4.08. The Bertz CT molecular complexity index is 404. The highest BCUT2D eigenvalue weighted by atomic mass is 16.2. The van der Waals surface area contributed by atoms with Gasteiger partial charge in [0.25, 0.3) is 0 Å². The highest BCUT2D eigenvalue weighted by Crippen LogP contribution is 2.12. The Kier molecular flexibility index (Phi) is 5.17. The number of hydrogen-bond donors (Lipinski definition) is 3. The second-order valence-electron chi connectivity index (χ2n) is 4.23. The van der Waals surface area contributed by atoms with Crippen LogP contribution >= 0.6 is 0 Å². The van der Waals surface area contributed by atoms with Crippen molar-refractivity contribution in [1.29, 1.82) is 0 Å². The second-order valence-corrected chi connectivity index (χ2v) is 4.23. The van der Waals surface area contributed by atoms with Gasteiger partial charge >= 0.3 is 6.03 Å². The maximum atomic E-state index is 11.8. The molecule has 0 bridgehead atoms. The van der Waals surface area contributed by atoms with E-state index in [4.69, 9.17) is 0 Å². The average Bonchev–Trinajstić information content (AvgIpc) is 2.35. The zero-order valence-corrected chi connectivity index (χ0v) is 10.9. The third-order valence-corrected chi connectivity index (χ3v) is 2.34. The zero-order chi connectivity index (χ0) is 13.5. The average molecular weight is 249 g/mol. The van der Waals surface area contributed by atoms with Crippen LogP contribution in [0.4, 0.5) is 4.79 Å². The van der Waals surface area contributed by atoms with Crippen molar-refractivity contribution in [2.75, 3.05) is 7.05 Å². The van der Waals surface area contributed by atoms with Crippen molar-refractivity contribution in [2.24, 2.45) is 0 Å². The number of hydrogen-bond acceptors (Lipinski definition) is 2. The van der Waals surface area contributed by atoms with Crippen molar-refractivity contribution in [3.63, 3.8) is 0 Å². The Morgan fingerprint density at radius 3 is 2.17 bits per heavy atom. The minimum Gasteiger partial charge on any atom is -0.357 e. The van der Waals surface area contributed by atoms with Gasteiger partial charge in [-0.25, -0.2) is 4.79 Å². The molecule has 3 N–H and O–H groups in total. The molecule has 1 atom stereocenters. The molecule has 0 aliphatic heterocycles. The molecule has 0 heterocycles. The second kappa shape index (κ2) is 6.64. The van der Waals surface area contributed by atoms with E-state index in [-0.39, 0.29) is 18.0 Å². The van der Waals surface area contributed by atoms with Gasteiger partial charge in [0.1, 0.15) is 6.04 Å². The highest BCUT2D eigenvalue weighted by Gasteiger charge is 2.21. The van der Waals surface area contributed by atoms with Crippen molar-refractivity contribution < 1.29 is 9.59 Å². The van der Waals surface area contributed by atoms with Crippen molar-refractivity contribution in [1.82, 2.24) is 16.0 Å². The molecule has 1 aromatic rings. The van der Waals surface area contributed by atoms with Crippen LogP contribution in [0.5, 0.6) is 0 Å². The molecule has 5 heteroatoms. The third-order valence-electron chi connectivity index (χ3n) is 2.34. The van der Waals surface area contributed by atoms with Gasteiger partial charge < -0.3 is 16.0 Å². The van der Waals surface area contributed by atoms with Crippen LogP contribution in [0, 0.1) is 0 Å². The molecule has 98 valence electrons. The summed E-state index contributed by atoms with van der Waals surface area (Å²) in [5.41, 5.74) is 0.746. The molecule has 5 nitrogen and oxygen atoms in total. The van der Waals surface area contributed by atoms with Crippen LogP contribution in [0.15, 0.2) is 30.3 Å². The number of carbonyl (C=O) groups is 2. The maximum absolute atomic E-state index is 11.8. The van der Waals surface area contributed by atoms with Crippen LogP contribution in [0.3, 0.4) is 0 Å². The van der Waals surface area contributed by atoms with E-state index >= 15 is 0 Å². The van der Waals surface area contributed by atoms with Gasteiger partial charge in [-0.05, 0) is 19.4 Å². The van der Waals surface area contributed by atoms with Crippen LogP contribution in [0.1, 0.15) is 25.5 Å². The summed E-state index contributed by atoms with van der Waals surface area (Å²) in [6.45, 7) is 3.72. The van der Waals surface area contributed by atoms with E-state index in [0.29, 0.717) is 0 Å². The van der Waals surface area contributed by atoms with E-state index in [1.807, 2.05) is 32.0 Å². The molecular weight excluding hydrogens is 230 g/mol. The molecule has 0 radical (unpaired) electrons. The van der Waals surface area contributed by atoms with Gasteiger partial charge in [0, 0.05) is 13.1 Å². The molecule has 1 rings (SSSR count). The molecule has 18 heavy (non-hydrogen) atoms. The first-order valence-electron chi connectivity index (χ1n) is 5.88. The topological polar surface area (TPSA) is 70.2 Å². The van der Waals surface area contributed by atoms with Crippen LogP contribution in [-0.4, -0.2) is 25.0 Å². The summed E-state index contributed by atoms with van der Waals surface area (Å²) >= 11 is 0. The predicted octanol–water partition coefficient (Wildman–Crippen LogP) is 1.18. The fraction of sp³-hybridized carbons (Fsp3) is 0.385. The Morgan fingerprint density at radius 1 is 1.06 bits per heavy atom. The highest BCUT2D eigenvalue weighted by molar-refractivity contribution is 5.87. The first-order valence-corrected chi connectivity index (χ1v) is 5.88. The normalized spacial score (nSPS) is 11.8. The maximum Gasteiger partial charge on any atom is 0.315 e. The van der Waals surface area contributed by atoms with Crippen molar-refractivity contribution in [3.8, 4) is 0 Å². The molecule has 0 spiro atoms. The smallest absolute Gasteiger partial charge is 0.315 e. The van der Waals surface area contributed by atoms with Crippen LogP contribution in [0.25, 0.3) is 0 Å². The monoisotopic (exact) mass is 249 g/mol. The summed E-state index contributed by atoms with van der Waals surface area (Å²) in [7, 11) is 1.54. The molecule has 0 aromatic heterocycles. The molecule has 0 saturated heterocycles. The lowest BCUT2D eigenvalue weighted by molar-refractivity contribution is -0.122. The lowest BCUT2D eigenvalue weighted by Gasteiger charge is -2.19. The Hall–Kier alpha value is -2.04. The SMILES string of the molecule is CNC(=O)C(NC(=O)NC(C)C)c1ccccc1. The molecule has 1 aromatic carbocycles. The quantitative estimate of drug-likeness (QED) is 0.750. The Labute approximate surface area is 107 Å². The summed E-state index contributed by atoms with van der Waals surface area (Å²) in [5, 5.41) is 7.89. The fourth-order valence-corrected chi connectivity index (χ4v) is 1.53. The number of amides is 3. The van der Waals surface area contributed by atoms with E-state index < -0.39 is 6.04 Å². The van der Waals surface area contributed by atoms with Crippen molar-refractivity contribution >= 4 is 11.9 Å². The number of rotatable bonds is 4. The summed E-state index contributed by atoms with van der Waals surface area (Å²) < 4.78 is 0. The number of likely N-dealkylation sites (N-methyl/N-ethyl adjacent to an activating group) is 1. The van der Waals surface area contributed by atoms with Crippen molar-refractivity contribution in [3.05, 3.63) is 35.9 Å². The number of urea groups is 1. The summed E-state index contributed by atoms with van der Waals surface area (Å²) in [6.07, 6.45) is 0. The summed E-state index contributed by atoms with van der Waals surface area (Å²) in [5.74, 6) is -0.250. The van der Waals surface area contributed by atoms with Crippen LogP contribution in [-0.2, 0) is 4.79 Å². The molecule has 3 amide bonds. The fourth-order valence-electron chi connectivity index (χ4n) is 1.53. The molecule has 1 unspecified atom stereocenters.